The quantitative estimate of drug-likeness (QED) is 0.663. The van der Waals surface area contributed by atoms with Gasteiger partial charge in [0.15, 0.2) is 0 Å². The molecule has 0 aromatic heterocycles. The standard InChI is InChI=1S/C24H34N2O3/c1-3-28-23-10-8-20(9-11-23)18-26-14-13-25(19-22(26)12-15-27)17-21-6-5-7-24(16-21)29-4-2/h5-11,16,22,27H,3-4,12-15,17-19H2,1-2H3/t22-/m0/s1. The largest absolute Gasteiger partial charge is 0.494 e. The molecule has 1 saturated heterocycles. The molecule has 1 aliphatic rings. The Balaban J connectivity index is 1.59. The lowest BCUT2D eigenvalue weighted by molar-refractivity contribution is 0.0499. The van der Waals surface area contributed by atoms with Gasteiger partial charge in [-0.3, -0.25) is 9.80 Å². The Bertz CT molecular complexity index is 735. The van der Waals surface area contributed by atoms with Gasteiger partial charge in [0, 0.05) is 45.4 Å². The molecule has 1 fully saturated rings. The van der Waals surface area contributed by atoms with Crippen LogP contribution in [-0.4, -0.2) is 60.4 Å². The summed E-state index contributed by atoms with van der Waals surface area (Å²) in [5, 5.41) is 9.59. The molecule has 0 amide bonds. The third-order valence-corrected chi connectivity index (χ3v) is 5.39. The second-order valence-corrected chi connectivity index (χ2v) is 7.53. The molecule has 1 aliphatic heterocycles. The van der Waals surface area contributed by atoms with Gasteiger partial charge in [-0.25, -0.2) is 0 Å². The van der Waals surface area contributed by atoms with Crippen LogP contribution in [0.5, 0.6) is 11.5 Å². The molecule has 158 valence electrons. The maximum atomic E-state index is 9.59. The summed E-state index contributed by atoms with van der Waals surface area (Å²) < 4.78 is 11.2. The smallest absolute Gasteiger partial charge is 0.119 e. The van der Waals surface area contributed by atoms with E-state index in [-0.39, 0.29) is 6.61 Å². The van der Waals surface area contributed by atoms with E-state index in [2.05, 4.69) is 40.1 Å². The molecule has 5 nitrogen and oxygen atoms in total. The summed E-state index contributed by atoms with van der Waals surface area (Å²) in [5.41, 5.74) is 2.56. The van der Waals surface area contributed by atoms with Gasteiger partial charge in [-0.05, 0) is 55.7 Å². The van der Waals surface area contributed by atoms with Crippen molar-refractivity contribution in [2.24, 2.45) is 0 Å². The molecule has 0 unspecified atom stereocenters. The van der Waals surface area contributed by atoms with Crippen LogP contribution in [0.2, 0.25) is 0 Å². The highest BCUT2D eigenvalue weighted by Gasteiger charge is 2.26. The van der Waals surface area contributed by atoms with Crippen LogP contribution in [0, 0.1) is 0 Å². The summed E-state index contributed by atoms with van der Waals surface area (Å²) in [6.45, 7) is 10.4. The molecule has 0 bridgehead atoms. The fourth-order valence-electron chi connectivity index (χ4n) is 3.98. The summed E-state index contributed by atoms with van der Waals surface area (Å²) in [7, 11) is 0. The Morgan fingerprint density at radius 1 is 0.897 bits per heavy atom. The second kappa shape index (κ2) is 11.2. The Hall–Kier alpha value is -2.08. The van der Waals surface area contributed by atoms with Crippen LogP contribution in [-0.2, 0) is 13.1 Å². The van der Waals surface area contributed by atoms with Gasteiger partial charge in [0.1, 0.15) is 11.5 Å². The Kier molecular flexibility index (Phi) is 8.35. The summed E-state index contributed by atoms with van der Waals surface area (Å²) >= 11 is 0. The van der Waals surface area contributed by atoms with Gasteiger partial charge >= 0.3 is 0 Å². The number of aliphatic hydroxyl groups is 1. The van der Waals surface area contributed by atoms with Crippen molar-refractivity contribution in [3.63, 3.8) is 0 Å². The summed E-state index contributed by atoms with van der Waals surface area (Å²) in [5.74, 6) is 1.85. The first-order chi connectivity index (χ1) is 14.2. The van der Waals surface area contributed by atoms with Crippen molar-refractivity contribution < 1.29 is 14.6 Å². The van der Waals surface area contributed by atoms with E-state index in [1.54, 1.807) is 0 Å². The minimum atomic E-state index is 0.220. The zero-order valence-corrected chi connectivity index (χ0v) is 17.7. The highest BCUT2D eigenvalue weighted by molar-refractivity contribution is 5.29. The van der Waals surface area contributed by atoms with Crippen LogP contribution in [0.1, 0.15) is 31.4 Å². The van der Waals surface area contributed by atoms with Crippen molar-refractivity contribution in [2.75, 3.05) is 39.5 Å². The fraction of sp³-hybridized carbons (Fsp3) is 0.500. The van der Waals surface area contributed by atoms with E-state index in [0.29, 0.717) is 19.3 Å². The molecule has 2 aromatic carbocycles. The van der Waals surface area contributed by atoms with E-state index in [1.165, 1.54) is 11.1 Å². The van der Waals surface area contributed by atoms with Gasteiger partial charge in [-0.1, -0.05) is 24.3 Å². The number of ether oxygens (including phenoxy) is 2. The van der Waals surface area contributed by atoms with Gasteiger partial charge in [0.25, 0.3) is 0 Å². The van der Waals surface area contributed by atoms with Gasteiger partial charge < -0.3 is 14.6 Å². The number of aliphatic hydroxyl groups excluding tert-OH is 1. The number of hydrogen-bond donors (Lipinski definition) is 1. The first kappa shape index (κ1) is 21.6. The highest BCUT2D eigenvalue weighted by Crippen LogP contribution is 2.21. The minimum Gasteiger partial charge on any atom is -0.494 e. The monoisotopic (exact) mass is 398 g/mol. The van der Waals surface area contributed by atoms with Crippen molar-refractivity contribution in [1.29, 1.82) is 0 Å². The second-order valence-electron chi connectivity index (χ2n) is 7.53. The van der Waals surface area contributed by atoms with Crippen molar-refractivity contribution >= 4 is 0 Å². The zero-order chi connectivity index (χ0) is 20.5. The minimum absolute atomic E-state index is 0.220. The average Bonchev–Trinajstić information content (AvgIpc) is 2.72. The van der Waals surface area contributed by atoms with Gasteiger partial charge in [-0.15, -0.1) is 0 Å². The lowest BCUT2D eigenvalue weighted by Gasteiger charge is -2.41. The normalized spacial score (nSPS) is 18.0. The van der Waals surface area contributed by atoms with E-state index in [4.69, 9.17) is 9.47 Å². The van der Waals surface area contributed by atoms with Gasteiger partial charge in [0.05, 0.1) is 13.2 Å². The molecule has 0 radical (unpaired) electrons. The molecular formula is C24H34N2O3. The molecule has 1 N–H and O–H groups in total. The topological polar surface area (TPSA) is 45.2 Å². The maximum Gasteiger partial charge on any atom is 0.119 e. The van der Waals surface area contributed by atoms with E-state index in [9.17, 15) is 5.11 Å². The van der Waals surface area contributed by atoms with E-state index >= 15 is 0 Å². The van der Waals surface area contributed by atoms with Crippen molar-refractivity contribution in [3.05, 3.63) is 59.7 Å². The van der Waals surface area contributed by atoms with Crippen molar-refractivity contribution in [3.8, 4) is 11.5 Å². The molecule has 0 spiro atoms. The molecule has 5 heteroatoms. The first-order valence-electron chi connectivity index (χ1n) is 10.7. The molecule has 1 heterocycles. The Morgan fingerprint density at radius 2 is 1.66 bits per heavy atom. The fourth-order valence-corrected chi connectivity index (χ4v) is 3.98. The van der Waals surface area contributed by atoms with Crippen molar-refractivity contribution in [2.45, 2.75) is 39.4 Å². The average molecular weight is 399 g/mol. The molecule has 3 rings (SSSR count). The highest BCUT2D eigenvalue weighted by atomic mass is 16.5. The predicted molar refractivity (Wildman–Crippen MR) is 116 cm³/mol. The molecule has 1 atom stereocenters. The summed E-state index contributed by atoms with van der Waals surface area (Å²) in [6.07, 6.45) is 0.798. The van der Waals surface area contributed by atoms with Crippen LogP contribution in [0.3, 0.4) is 0 Å². The number of nitrogens with zero attached hydrogens (tertiary/aromatic N) is 2. The predicted octanol–water partition coefficient (Wildman–Crippen LogP) is 3.55. The third-order valence-electron chi connectivity index (χ3n) is 5.39. The van der Waals surface area contributed by atoms with Crippen LogP contribution < -0.4 is 9.47 Å². The van der Waals surface area contributed by atoms with E-state index < -0.39 is 0 Å². The molecule has 0 saturated carbocycles. The van der Waals surface area contributed by atoms with Crippen LogP contribution in [0.15, 0.2) is 48.5 Å². The number of piperazine rings is 1. The Morgan fingerprint density at radius 3 is 2.38 bits per heavy atom. The number of benzene rings is 2. The third kappa shape index (κ3) is 6.46. The first-order valence-corrected chi connectivity index (χ1v) is 10.7. The summed E-state index contributed by atoms with van der Waals surface area (Å²) in [6, 6.07) is 17.1. The van der Waals surface area contributed by atoms with Gasteiger partial charge in [0.2, 0.25) is 0 Å². The van der Waals surface area contributed by atoms with E-state index in [1.807, 2.05) is 32.0 Å². The number of hydrogen-bond acceptors (Lipinski definition) is 5. The van der Waals surface area contributed by atoms with Gasteiger partial charge in [-0.2, -0.15) is 0 Å². The molecular weight excluding hydrogens is 364 g/mol. The summed E-state index contributed by atoms with van der Waals surface area (Å²) in [4.78, 5) is 4.99. The van der Waals surface area contributed by atoms with Crippen molar-refractivity contribution in [1.82, 2.24) is 9.80 Å². The number of rotatable bonds is 10. The zero-order valence-electron chi connectivity index (χ0n) is 17.7. The lowest BCUT2D eigenvalue weighted by Crippen LogP contribution is -2.52. The lowest BCUT2D eigenvalue weighted by atomic mass is 10.1. The Labute approximate surface area is 174 Å². The SMILES string of the molecule is CCOc1ccc(CN2CCN(Cc3cccc(OCC)c3)C[C@@H]2CCO)cc1. The molecule has 29 heavy (non-hydrogen) atoms. The maximum absolute atomic E-state index is 9.59. The van der Waals surface area contributed by atoms with Crippen LogP contribution in [0.4, 0.5) is 0 Å². The van der Waals surface area contributed by atoms with E-state index in [0.717, 1.165) is 50.6 Å². The van der Waals surface area contributed by atoms with Crippen LogP contribution >= 0.6 is 0 Å². The van der Waals surface area contributed by atoms with Crippen LogP contribution in [0.25, 0.3) is 0 Å². The molecule has 0 aliphatic carbocycles. The molecule has 2 aromatic rings.